The highest BCUT2D eigenvalue weighted by Gasteiger charge is 2.34. The standard InChI is InChI=1S/C17H16N2O5/c1-10-15(18-8-4-5-13(20)16(18)21)12-9-11(19(22)23)6-7-14(12)24-17(10,2)3/h4-9,20H,1-3H3. The number of nitro groups is 1. The van der Waals surface area contributed by atoms with Crippen molar-refractivity contribution >= 4 is 11.4 Å². The van der Waals surface area contributed by atoms with Gasteiger partial charge in [-0.05, 0) is 44.5 Å². The summed E-state index contributed by atoms with van der Waals surface area (Å²) in [7, 11) is 0. The molecule has 0 saturated carbocycles. The molecule has 3 rings (SSSR count). The van der Waals surface area contributed by atoms with Crippen molar-refractivity contribution in [2.24, 2.45) is 0 Å². The van der Waals surface area contributed by atoms with Crippen molar-refractivity contribution in [3.63, 3.8) is 0 Å². The summed E-state index contributed by atoms with van der Waals surface area (Å²) < 4.78 is 7.22. The molecule has 1 aliphatic rings. The summed E-state index contributed by atoms with van der Waals surface area (Å²) in [6.45, 7) is 5.49. The van der Waals surface area contributed by atoms with Crippen LogP contribution < -0.4 is 10.3 Å². The third kappa shape index (κ3) is 2.34. The summed E-state index contributed by atoms with van der Waals surface area (Å²) in [5, 5.41) is 20.8. The van der Waals surface area contributed by atoms with Crippen LogP contribution in [0.2, 0.25) is 0 Å². The number of nitro benzene ring substituents is 1. The van der Waals surface area contributed by atoms with E-state index in [4.69, 9.17) is 4.74 Å². The Balaban J connectivity index is 2.37. The number of aromatic nitrogens is 1. The first-order chi connectivity index (χ1) is 11.2. The van der Waals surface area contributed by atoms with Crippen LogP contribution in [0.5, 0.6) is 11.5 Å². The van der Waals surface area contributed by atoms with Crippen molar-refractivity contribution < 1.29 is 14.8 Å². The normalized spacial score (nSPS) is 15.6. The van der Waals surface area contributed by atoms with E-state index in [9.17, 15) is 20.0 Å². The van der Waals surface area contributed by atoms with E-state index in [-0.39, 0.29) is 5.69 Å². The fourth-order valence-corrected chi connectivity index (χ4v) is 2.71. The van der Waals surface area contributed by atoms with Crippen LogP contribution in [0.1, 0.15) is 26.3 Å². The Hall–Kier alpha value is -3.09. The van der Waals surface area contributed by atoms with E-state index in [0.717, 1.165) is 5.57 Å². The third-order valence-electron chi connectivity index (χ3n) is 4.22. The number of hydrogen-bond donors (Lipinski definition) is 1. The quantitative estimate of drug-likeness (QED) is 0.675. The van der Waals surface area contributed by atoms with Gasteiger partial charge in [-0.3, -0.25) is 19.5 Å². The highest BCUT2D eigenvalue weighted by Crippen LogP contribution is 2.42. The summed E-state index contributed by atoms with van der Waals surface area (Å²) in [6, 6.07) is 7.10. The fraction of sp³-hybridized carbons (Fsp3) is 0.235. The number of rotatable bonds is 2. The van der Waals surface area contributed by atoms with Crippen molar-refractivity contribution in [1.29, 1.82) is 0 Å². The van der Waals surface area contributed by atoms with E-state index >= 15 is 0 Å². The molecule has 1 aromatic heterocycles. The lowest BCUT2D eigenvalue weighted by molar-refractivity contribution is -0.384. The van der Waals surface area contributed by atoms with Gasteiger partial charge in [0.25, 0.3) is 11.2 Å². The summed E-state index contributed by atoms with van der Waals surface area (Å²) in [6.07, 6.45) is 1.52. The van der Waals surface area contributed by atoms with Crippen LogP contribution in [-0.4, -0.2) is 20.2 Å². The third-order valence-corrected chi connectivity index (χ3v) is 4.22. The van der Waals surface area contributed by atoms with Crippen molar-refractivity contribution in [2.75, 3.05) is 0 Å². The molecule has 0 amide bonds. The Morgan fingerprint density at radius 2 is 2.00 bits per heavy atom. The van der Waals surface area contributed by atoms with Crippen molar-refractivity contribution in [3.8, 4) is 11.5 Å². The molecule has 1 N–H and O–H groups in total. The first-order valence-electron chi connectivity index (χ1n) is 7.32. The zero-order chi connectivity index (χ0) is 17.6. The molecule has 1 aromatic carbocycles. The number of nitrogens with zero attached hydrogens (tertiary/aromatic N) is 2. The van der Waals surface area contributed by atoms with E-state index in [0.29, 0.717) is 17.0 Å². The zero-order valence-electron chi connectivity index (χ0n) is 13.4. The van der Waals surface area contributed by atoms with Gasteiger partial charge in [-0.15, -0.1) is 0 Å². The highest BCUT2D eigenvalue weighted by molar-refractivity contribution is 5.77. The molecule has 2 aromatic rings. The van der Waals surface area contributed by atoms with Crippen LogP contribution in [0.25, 0.3) is 5.70 Å². The molecule has 0 saturated heterocycles. The average molecular weight is 328 g/mol. The number of non-ortho nitro benzene ring substituents is 1. The van der Waals surface area contributed by atoms with Gasteiger partial charge in [-0.2, -0.15) is 0 Å². The Morgan fingerprint density at radius 3 is 2.67 bits per heavy atom. The van der Waals surface area contributed by atoms with Gasteiger partial charge in [-0.25, -0.2) is 0 Å². The van der Waals surface area contributed by atoms with E-state index < -0.39 is 21.8 Å². The van der Waals surface area contributed by atoms with Gasteiger partial charge in [0.15, 0.2) is 5.75 Å². The molecule has 0 fully saturated rings. The topological polar surface area (TPSA) is 94.6 Å². The Kier molecular flexibility index (Phi) is 3.44. The summed E-state index contributed by atoms with van der Waals surface area (Å²) in [5.41, 5.74) is 0.240. The Morgan fingerprint density at radius 1 is 1.29 bits per heavy atom. The predicted molar refractivity (Wildman–Crippen MR) is 88.2 cm³/mol. The van der Waals surface area contributed by atoms with Gasteiger partial charge in [0.05, 0.1) is 10.6 Å². The van der Waals surface area contributed by atoms with Gasteiger partial charge in [0.1, 0.15) is 11.4 Å². The van der Waals surface area contributed by atoms with Crippen molar-refractivity contribution in [2.45, 2.75) is 26.4 Å². The van der Waals surface area contributed by atoms with E-state index in [1.54, 1.807) is 6.92 Å². The Labute approximate surface area is 137 Å². The van der Waals surface area contributed by atoms with E-state index in [2.05, 4.69) is 0 Å². The average Bonchev–Trinajstić information content (AvgIpc) is 2.51. The second kappa shape index (κ2) is 5.23. The van der Waals surface area contributed by atoms with Gasteiger partial charge >= 0.3 is 0 Å². The van der Waals surface area contributed by atoms with Crippen LogP contribution >= 0.6 is 0 Å². The van der Waals surface area contributed by atoms with Gasteiger partial charge in [-0.1, -0.05) is 0 Å². The van der Waals surface area contributed by atoms with Crippen molar-refractivity contribution in [3.05, 3.63) is 68.1 Å². The van der Waals surface area contributed by atoms with Crippen LogP contribution in [0.15, 0.2) is 46.9 Å². The molecule has 2 heterocycles. The monoisotopic (exact) mass is 328 g/mol. The van der Waals surface area contributed by atoms with Gasteiger partial charge < -0.3 is 9.84 Å². The maximum atomic E-state index is 12.4. The lowest BCUT2D eigenvalue weighted by atomic mass is 9.90. The molecule has 7 heteroatoms. The molecule has 0 spiro atoms. The van der Waals surface area contributed by atoms with Crippen LogP contribution in [0, 0.1) is 10.1 Å². The molecule has 0 unspecified atom stereocenters. The number of pyridine rings is 1. The largest absolute Gasteiger partial charge is 0.503 e. The number of benzene rings is 1. The first kappa shape index (κ1) is 15.8. The first-order valence-corrected chi connectivity index (χ1v) is 7.32. The lowest BCUT2D eigenvalue weighted by Crippen LogP contribution is -2.36. The molecule has 24 heavy (non-hydrogen) atoms. The molecule has 0 atom stereocenters. The number of fused-ring (bicyclic) bond motifs is 1. The van der Waals surface area contributed by atoms with E-state index in [1.165, 1.54) is 41.1 Å². The molecule has 0 aliphatic carbocycles. The molecule has 7 nitrogen and oxygen atoms in total. The number of aromatic hydroxyl groups is 1. The fourth-order valence-electron chi connectivity index (χ4n) is 2.71. The van der Waals surface area contributed by atoms with Gasteiger partial charge in [0, 0.05) is 23.9 Å². The van der Waals surface area contributed by atoms with Crippen LogP contribution in [0.4, 0.5) is 5.69 Å². The number of hydrogen-bond acceptors (Lipinski definition) is 5. The second-order valence-electron chi connectivity index (χ2n) is 6.09. The minimum absolute atomic E-state index is 0.101. The summed E-state index contributed by atoms with van der Waals surface area (Å²) in [4.78, 5) is 23.0. The van der Waals surface area contributed by atoms with Crippen LogP contribution in [-0.2, 0) is 0 Å². The second-order valence-corrected chi connectivity index (χ2v) is 6.09. The van der Waals surface area contributed by atoms with Gasteiger partial charge in [0.2, 0.25) is 0 Å². The maximum Gasteiger partial charge on any atom is 0.297 e. The summed E-state index contributed by atoms with van der Waals surface area (Å²) >= 11 is 0. The minimum Gasteiger partial charge on any atom is -0.503 e. The zero-order valence-corrected chi connectivity index (χ0v) is 13.4. The lowest BCUT2D eigenvalue weighted by Gasteiger charge is -2.35. The minimum atomic E-state index is -0.705. The molecule has 124 valence electrons. The van der Waals surface area contributed by atoms with E-state index in [1.807, 2.05) is 13.8 Å². The predicted octanol–water partition coefficient (Wildman–Crippen LogP) is 2.91. The summed E-state index contributed by atoms with van der Waals surface area (Å²) in [5.74, 6) is 0.0514. The SMILES string of the molecule is CC1=C(n2cccc(O)c2=O)c2cc([N+](=O)[O-])ccc2OC1(C)C. The molecular weight excluding hydrogens is 312 g/mol. The molecule has 1 aliphatic heterocycles. The molecule has 0 radical (unpaired) electrons. The highest BCUT2D eigenvalue weighted by atomic mass is 16.6. The van der Waals surface area contributed by atoms with Crippen LogP contribution in [0.3, 0.4) is 0 Å². The Bertz CT molecular complexity index is 940. The maximum absolute atomic E-state index is 12.4. The molecular formula is C17H16N2O5. The molecule has 0 bridgehead atoms. The smallest absolute Gasteiger partial charge is 0.297 e. The van der Waals surface area contributed by atoms with Crippen molar-refractivity contribution in [1.82, 2.24) is 4.57 Å². The number of ether oxygens (including phenoxy) is 1.